The molecule has 1 aliphatic rings. The quantitative estimate of drug-likeness (QED) is 0.843. The average molecular weight is 344 g/mol. The molecule has 3 rings (SSSR count). The van der Waals surface area contributed by atoms with Gasteiger partial charge in [-0.1, -0.05) is 23.7 Å². The molecule has 0 radical (unpaired) electrons. The predicted octanol–water partition coefficient (Wildman–Crippen LogP) is 3.36. The van der Waals surface area contributed by atoms with Crippen molar-refractivity contribution in [2.45, 2.75) is 6.92 Å². The summed E-state index contributed by atoms with van der Waals surface area (Å²) >= 11 is 6.10. The standard InChI is InChI=1S/C18H22ClN5/c1-3-7-20-18-21-14(2)12-17(22-18)24-10-8-23(9-11-24)16-6-4-5-15(19)13-16/h3-6,12-13H,1,7-11H2,2H3,(H,20,21,22). The number of anilines is 3. The zero-order valence-corrected chi connectivity index (χ0v) is 14.6. The van der Waals surface area contributed by atoms with Crippen LogP contribution in [0.25, 0.3) is 0 Å². The van der Waals surface area contributed by atoms with Crippen molar-refractivity contribution in [3.63, 3.8) is 0 Å². The first-order valence-corrected chi connectivity index (χ1v) is 8.49. The van der Waals surface area contributed by atoms with E-state index in [1.54, 1.807) is 6.08 Å². The van der Waals surface area contributed by atoms with Gasteiger partial charge in [0.25, 0.3) is 0 Å². The summed E-state index contributed by atoms with van der Waals surface area (Å²) in [5.74, 6) is 1.63. The lowest BCUT2D eigenvalue weighted by Crippen LogP contribution is -2.46. The van der Waals surface area contributed by atoms with Gasteiger partial charge in [-0.05, 0) is 25.1 Å². The summed E-state index contributed by atoms with van der Waals surface area (Å²) < 4.78 is 0. The first-order valence-electron chi connectivity index (χ1n) is 8.11. The summed E-state index contributed by atoms with van der Waals surface area (Å²) in [5.41, 5.74) is 2.14. The number of benzene rings is 1. The normalized spacial score (nSPS) is 14.6. The van der Waals surface area contributed by atoms with Crippen LogP contribution in [0.3, 0.4) is 0 Å². The van der Waals surface area contributed by atoms with Crippen LogP contribution < -0.4 is 15.1 Å². The Labute approximate surface area is 148 Å². The highest BCUT2D eigenvalue weighted by Gasteiger charge is 2.19. The van der Waals surface area contributed by atoms with E-state index in [4.69, 9.17) is 11.6 Å². The maximum Gasteiger partial charge on any atom is 0.225 e. The van der Waals surface area contributed by atoms with Gasteiger partial charge in [0.15, 0.2) is 0 Å². The minimum absolute atomic E-state index is 0.655. The molecule has 1 saturated heterocycles. The molecular formula is C18H22ClN5. The first kappa shape index (κ1) is 16.6. The molecule has 126 valence electrons. The number of halogens is 1. The molecule has 0 amide bonds. The minimum atomic E-state index is 0.655. The summed E-state index contributed by atoms with van der Waals surface area (Å²) in [4.78, 5) is 13.7. The Morgan fingerprint density at radius 2 is 1.92 bits per heavy atom. The van der Waals surface area contributed by atoms with Gasteiger partial charge in [-0.25, -0.2) is 4.98 Å². The minimum Gasteiger partial charge on any atom is -0.368 e. The molecular weight excluding hydrogens is 322 g/mol. The van der Waals surface area contributed by atoms with Gasteiger partial charge in [-0.2, -0.15) is 4.98 Å². The number of piperazine rings is 1. The number of aromatic nitrogens is 2. The van der Waals surface area contributed by atoms with Crippen molar-refractivity contribution in [3.8, 4) is 0 Å². The third kappa shape index (κ3) is 3.97. The molecule has 5 nitrogen and oxygen atoms in total. The van der Waals surface area contributed by atoms with E-state index < -0.39 is 0 Å². The molecule has 0 spiro atoms. The first-order chi connectivity index (χ1) is 11.7. The van der Waals surface area contributed by atoms with Crippen LogP contribution >= 0.6 is 11.6 Å². The third-order valence-electron chi connectivity index (χ3n) is 4.02. The van der Waals surface area contributed by atoms with Crippen LogP contribution in [0.5, 0.6) is 0 Å². The molecule has 1 fully saturated rings. The molecule has 1 N–H and O–H groups in total. The van der Waals surface area contributed by atoms with Crippen molar-refractivity contribution in [1.29, 1.82) is 0 Å². The van der Waals surface area contributed by atoms with Crippen LogP contribution in [0, 0.1) is 6.92 Å². The van der Waals surface area contributed by atoms with Crippen LogP contribution in [-0.2, 0) is 0 Å². The zero-order valence-electron chi connectivity index (χ0n) is 13.9. The number of hydrogen-bond acceptors (Lipinski definition) is 5. The van der Waals surface area contributed by atoms with Gasteiger partial charge in [0.1, 0.15) is 5.82 Å². The van der Waals surface area contributed by atoms with Crippen molar-refractivity contribution >= 4 is 29.1 Å². The summed E-state index contributed by atoms with van der Waals surface area (Å²) in [5, 5.41) is 3.94. The van der Waals surface area contributed by atoms with E-state index in [1.807, 2.05) is 31.2 Å². The van der Waals surface area contributed by atoms with Crippen LogP contribution in [0.4, 0.5) is 17.5 Å². The Balaban J connectivity index is 1.68. The average Bonchev–Trinajstić information content (AvgIpc) is 2.60. The lowest BCUT2D eigenvalue weighted by Gasteiger charge is -2.37. The van der Waals surface area contributed by atoms with Gasteiger partial charge in [-0.15, -0.1) is 6.58 Å². The second kappa shape index (κ2) is 7.53. The highest BCUT2D eigenvalue weighted by molar-refractivity contribution is 6.30. The Morgan fingerprint density at radius 1 is 1.17 bits per heavy atom. The van der Waals surface area contributed by atoms with E-state index in [-0.39, 0.29) is 0 Å². The smallest absolute Gasteiger partial charge is 0.225 e. The number of nitrogens with zero attached hydrogens (tertiary/aromatic N) is 4. The predicted molar refractivity (Wildman–Crippen MR) is 101 cm³/mol. The van der Waals surface area contributed by atoms with E-state index >= 15 is 0 Å². The van der Waals surface area contributed by atoms with Gasteiger partial charge in [-0.3, -0.25) is 0 Å². The summed E-state index contributed by atoms with van der Waals surface area (Å²) in [6, 6.07) is 10.1. The number of hydrogen-bond donors (Lipinski definition) is 1. The van der Waals surface area contributed by atoms with Gasteiger partial charge in [0, 0.05) is 55.2 Å². The van der Waals surface area contributed by atoms with Crippen molar-refractivity contribution < 1.29 is 0 Å². The second-order valence-corrected chi connectivity index (χ2v) is 6.25. The fourth-order valence-electron chi connectivity index (χ4n) is 2.82. The molecule has 0 saturated carbocycles. The van der Waals surface area contributed by atoms with Gasteiger partial charge < -0.3 is 15.1 Å². The topological polar surface area (TPSA) is 44.3 Å². The third-order valence-corrected chi connectivity index (χ3v) is 4.26. The summed E-state index contributed by atoms with van der Waals surface area (Å²) in [6.45, 7) is 10.1. The summed E-state index contributed by atoms with van der Waals surface area (Å²) in [7, 11) is 0. The van der Waals surface area contributed by atoms with E-state index in [0.717, 1.165) is 42.7 Å². The molecule has 6 heteroatoms. The number of nitrogens with one attached hydrogen (secondary N) is 1. The molecule has 0 aliphatic carbocycles. The van der Waals surface area contributed by atoms with Crippen LogP contribution in [0.15, 0.2) is 43.0 Å². The van der Waals surface area contributed by atoms with Crippen molar-refractivity contribution in [2.75, 3.05) is 47.8 Å². The fraction of sp³-hybridized carbons (Fsp3) is 0.333. The van der Waals surface area contributed by atoms with Crippen LogP contribution in [0.2, 0.25) is 5.02 Å². The molecule has 0 bridgehead atoms. The second-order valence-electron chi connectivity index (χ2n) is 5.81. The van der Waals surface area contributed by atoms with E-state index in [9.17, 15) is 0 Å². The molecule has 0 unspecified atom stereocenters. The molecule has 2 aromatic rings. The van der Waals surface area contributed by atoms with E-state index in [2.05, 4.69) is 37.7 Å². The largest absolute Gasteiger partial charge is 0.368 e. The van der Waals surface area contributed by atoms with Crippen molar-refractivity contribution in [1.82, 2.24) is 9.97 Å². The van der Waals surface area contributed by atoms with E-state index in [0.29, 0.717) is 12.5 Å². The number of aryl methyl sites for hydroxylation is 1. The zero-order chi connectivity index (χ0) is 16.9. The van der Waals surface area contributed by atoms with Crippen molar-refractivity contribution in [3.05, 3.63) is 53.7 Å². The molecule has 0 atom stereocenters. The van der Waals surface area contributed by atoms with Gasteiger partial charge >= 0.3 is 0 Å². The number of rotatable bonds is 5. The van der Waals surface area contributed by atoms with Gasteiger partial charge in [0.05, 0.1) is 0 Å². The van der Waals surface area contributed by atoms with Crippen LogP contribution in [0.1, 0.15) is 5.69 Å². The maximum atomic E-state index is 6.10. The van der Waals surface area contributed by atoms with E-state index in [1.165, 1.54) is 5.69 Å². The SMILES string of the molecule is C=CCNc1nc(C)cc(N2CCN(c3cccc(Cl)c3)CC2)n1. The van der Waals surface area contributed by atoms with Crippen LogP contribution in [-0.4, -0.2) is 42.7 Å². The highest BCUT2D eigenvalue weighted by Crippen LogP contribution is 2.23. The monoisotopic (exact) mass is 343 g/mol. The lowest BCUT2D eigenvalue weighted by molar-refractivity contribution is 0.646. The van der Waals surface area contributed by atoms with Crippen molar-refractivity contribution in [2.24, 2.45) is 0 Å². The Morgan fingerprint density at radius 3 is 2.62 bits per heavy atom. The fourth-order valence-corrected chi connectivity index (χ4v) is 3.01. The lowest BCUT2D eigenvalue weighted by atomic mass is 10.2. The summed E-state index contributed by atoms with van der Waals surface area (Å²) in [6.07, 6.45) is 1.80. The Bertz CT molecular complexity index is 710. The molecule has 1 aromatic heterocycles. The Hall–Kier alpha value is -2.27. The maximum absolute atomic E-state index is 6.10. The molecule has 2 heterocycles. The molecule has 1 aliphatic heterocycles. The molecule has 24 heavy (non-hydrogen) atoms. The highest BCUT2D eigenvalue weighted by atomic mass is 35.5. The Kier molecular flexibility index (Phi) is 5.20. The van der Waals surface area contributed by atoms with Gasteiger partial charge in [0.2, 0.25) is 5.95 Å². The molecule has 1 aromatic carbocycles.